The quantitative estimate of drug-likeness (QED) is 0.584. The molecule has 2 atom stereocenters. The summed E-state index contributed by atoms with van der Waals surface area (Å²) in [6.07, 6.45) is 0. The zero-order valence-corrected chi connectivity index (χ0v) is 20.4. The minimum absolute atomic E-state index is 0.0258. The normalized spacial score (nSPS) is 26.8. The molecule has 0 radical (unpaired) electrons. The minimum Gasteiger partial charge on any atom is -0.347 e. The average molecular weight is 504 g/mol. The van der Waals surface area contributed by atoms with Gasteiger partial charge in [-0.25, -0.2) is 4.90 Å². The lowest BCUT2D eigenvalue weighted by molar-refractivity contribution is -0.128. The molecule has 0 aliphatic carbocycles. The first-order valence-electron chi connectivity index (χ1n) is 9.85. The van der Waals surface area contributed by atoms with Crippen LogP contribution in [0.5, 0.6) is 0 Å². The third kappa shape index (κ3) is 3.02. The van der Waals surface area contributed by atoms with Crippen LogP contribution in [0.15, 0.2) is 42.5 Å². The molecule has 2 unspecified atom stereocenters. The van der Waals surface area contributed by atoms with Crippen LogP contribution in [0.1, 0.15) is 28.4 Å². The topological polar surface area (TPSA) is 69.7 Å². The van der Waals surface area contributed by atoms with E-state index in [0.29, 0.717) is 16.3 Å². The summed E-state index contributed by atoms with van der Waals surface area (Å²) >= 11 is 14.4. The van der Waals surface area contributed by atoms with Gasteiger partial charge in [-0.3, -0.25) is 19.3 Å². The maximum atomic E-state index is 13.5. The highest BCUT2D eigenvalue weighted by molar-refractivity contribution is 8.02. The number of hydrogen-bond acceptors (Lipinski definition) is 7. The Labute approximate surface area is 204 Å². The van der Waals surface area contributed by atoms with E-state index in [1.165, 1.54) is 33.3 Å². The number of thiocarbonyl (C=S) groups is 1. The first kappa shape index (κ1) is 21.8. The number of fused-ring (bicyclic) bond motifs is 1. The van der Waals surface area contributed by atoms with Crippen molar-refractivity contribution in [2.45, 2.75) is 23.7 Å². The van der Waals surface area contributed by atoms with Crippen LogP contribution < -0.4 is 5.32 Å². The zero-order chi connectivity index (χ0) is 22.8. The molecule has 10 heteroatoms. The fourth-order valence-electron chi connectivity index (χ4n) is 4.28. The van der Waals surface area contributed by atoms with Crippen LogP contribution in [0.25, 0.3) is 0 Å². The molecular formula is C22H18ClN3O3S3. The van der Waals surface area contributed by atoms with Gasteiger partial charge in [0.25, 0.3) is 0 Å². The number of rotatable bonds is 1. The number of thioether (sulfide) groups is 2. The average Bonchev–Trinajstić information content (AvgIpc) is 3.34. The number of amides is 2. The number of aryl methyl sites for hydroxylation is 1. The molecule has 3 heterocycles. The van der Waals surface area contributed by atoms with Crippen LogP contribution in [0, 0.1) is 6.92 Å². The lowest BCUT2D eigenvalue weighted by Gasteiger charge is -2.41. The maximum absolute atomic E-state index is 13.5. The summed E-state index contributed by atoms with van der Waals surface area (Å²) < 4.78 is 0. The Hall–Kier alpha value is -2.07. The zero-order valence-electron chi connectivity index (χ0n) is 17.2. The van der Waals surface area contributed by atoms with E-state index in [1.54, 1.807) is 18.2 Å². The molecule has 0 bridgehead atoms. The standard InChI is InChI=1S/C22H18ClN3O3S3/c1-12-3-8-15-16(9-12)24-22(19(15)29)26(18(28)11-32-22)20(30)25-17(27)10-31-21(25,2)13-4-6-14(23)7-5-13/h3-9,24H,10-11H2,1-2H3. The summed E-state index contributed by atoms with van der Waals surface area (Å²) in [4.78, 5) is 40.1. The van der Waals surface area contributed by atoms with Crippen molar-refractivity contribution < 1.29 is 14.4 Å². The third-order valence-electron chi connectivity index (χ3n) is 5.92. The van der Waals surface area contributed by atoms with E-state index in [2.05, 4.69) is 5.32 Å². The summed E-state index contributed by atoms with van der Waals surface area (Å²) in [5.74, 6) is -0.469. The number of nitrogens with zero attached hydrogens (tertiary/aromatic N) is 2. The number of anilines is 1. The molecule has 1 spiro atoms. The Balaban J connectivity index is 1.56. The van der Waals surface area contributed by atoms with E-state index in [1.807, 2.05) is 38.1 Å². The summed E-state index contributed by atoms with van der Waals surface area (Å²) in [6.45, 7) is 3.82. The van der Waals surface area contributed by atoms with Crippen LogP contribution in [0.3, 0.4) is 0 Å². The Morgan fingerprint density at radius 2 is 1.69 bits per heavy atom. The Bertz CT molecular complexity index is 1200. The van der Waals surface area contributed by atoms with E-state index in [9.17, 15) is 14.4 Å². The number of benzene rings is 2. The van der Waals surface area contributed by atoms with Crippen molar-refractivity contribution in [3.63, 3.8) is 0 Å². The number of carbonyl (C=O) groups is 3. The predicted molar refractivity (Wildman–Crippen MR) is 132 cm³/mol. The molecule has 164 valence electrons. The van der Waals surface area contributed by atoms with Crippen molar-refractivity contribution in [3.05, 3.63) is 64.2 Å². The molecular weight excluding hydrogens is 486 g/mol. The van der Waals surface area contributed by atoms with Gasteiger partial charge in [-0.05, 0) is 61.5 Å². The van der Waals surface area contributed by atoms with Crippen molar-refractivity contribution in [1.82, 2.24) is 9.80 Å². The fourth-order valence-corrected chi connectivity index (χ4v) is 7.40. The van der Waals surface area contributed by atoms with Crippen molar-refractivity contribution in [3.8, 4) is 0 Å². The fraction of sp³-hybridized carbons (Fsp3) is 0.273. The Morgan fingerprint density at radius 3 is 2.41 bits per heavy atom. The second-order valence-electron chi connectivity index (χ2n) is 7.96. The van der Waals surface area contributed by atoms with Crippen LogP contribution in [-0.4, -0.2) is 49.0 Å². The number of ketones is 1. The monoisotopic (exact) mass is 503 g/mol. The lowest BCUT2D eigenvalue weighted by atomic mass is 10.1. The summed E-state index contributed by atoms with van der Waals surface area (Å²) in [6, 6.07) is 12.7. The molecule has 1 N–H and O–H groups in total. The number of halogens is 1. The summed E-state index contributed by atoms with van der Waals surface area (Å²) in [5, 5.41) is 3.85. The van der Waals surface area contributed by atoms with Gasteiger partial charge in [0.2, 0.25) is 22.6 Å². The van der Waals surface area contributed by atoms with Gasteiger partial charge in [0.15, 0.2) is 5.11 Å². The molecule has 2 aromatic carbocycles. The number of carbonyl (C=O) groups excluding carboxylic acids is 3. The highest BCUT2D eigenvalue weighted by atomic mass is 35.5. The molecule has 2 saturated heterocycles. The van der Waals surface area contributed by atoms with Gasteiger partial charge in [0.1, 0.15) is 4.87 Å². The molecule has 0 saturated carbocycles. The Morgan fingerprint density at radius 1 is 1.03 bits per heavy atom. The van der Waals surface area contributed by atoms with Crippen molar-refractivity contribution >= 4 is 75.7 Å². The largest absolute Gasteiger partial charge is 0.347 e. The van der Waals surface area contributed by atoms with E-state index >= 15 is 0 Å². The van der Waals surface area contributed by atoms with Gasteiger partial charge >= 0.3 is 0 Å². The molecule has 6 nitrogen and oxygen atoms in total. The second kappa shape index (κ2) is 7.48. The Kier molecular flexibility index (Phi) is 5.09. The van der Waals surface area contributed by atoms with Gasteiger partial charge in [0.05, 0.1) is 11.5 Å². The van der Waals surface area contributed by atoms with E-state index in [0.717, 1.165) is 11.1 Å². The van der Waals surface area contributed by atoms with E-state index < -0.39 is 9.87 Å². The molecule has 2 amide bonds. The van der Waals surface area contributed by atoms with Crippen LogP contribution in [0.4, 0.5) is 5.69 Å². The van der Waals surface area contributed by atoms with Gasteiger partial charge in [-0.1, -0.05) is 41.6 Å². The highest BCUT2D eigenvalue weighted by Crippen LogP contribution is 2.50. The summed E-state index contributed by atoms with van der Waals surface area (Å²) in [5.41, 5.74) is 2.99. The van der Waals surface area contributed by atoms with E-state index in [-0.39, 0.29) is 34.2 Å². The van der Waals surface area contributed by atoms with Crippen molar-refractivity contribution in [1.29, 1.82) is 0 Å². The van der Waals surface area contributed by atoms with Crippen molar-refractivity contribution in [2.24, 2.45) is 0 Å². The molecule has 3 aliphatic rings. The number of Topliss-reactive ketones (excluding diaryl/α,β-unsaturated/α-hetero) is 1. The van der Waals surface area contributed by atoms with Gasteiger partial charge in [0, 0.05) is 16.3 Å². The molecule has 2 fully saturated rings. The predicted octanol–water partition coefficient (Wildman–Crippen LogP) is 4.22. The molecule has 32 heavy (non-hydrogen) atoms. The smallest absolute Gasteiger partial charge is 0.241 e. The van der Waals surface area contributed by atoms with Crippen LogP contribution >= 0.6 is 47.3 Å². The summed E-state index contributed by atoms with van der Waals surface area (Å²) in [7, 11) is 0. The van der Waals surface area contributed by atoms with Gasteiger partial charge < -0.3 is 5.32 Å². The third-order valence-corrected chi connectivity index (χ3v) is 9.18. The molecule has 3 aliphatic heterocycles. The lowest BCUT2D eigenvalue weighted by Crippen LogP contribution is -2.61. The second-order valence-corrected chi connectivity index (χ2v) is 11.3. The highest BCUT2D eigenvalue weighted by Gasteiger charge is 2.61. The number of nitrogens with one attached hydrogen (secondary N) is 1. The maximum Gasteiger partial charge on any atom is 0.241 e. The molecule has 5 rings (SSSR count). The first-order chi connectivity index (χ1) is 15.2. The van der Waals surface area contributed by atoms with E-state index in [4.69, 9.17) is 23.8 Å². The van der Waals surface area contributed by atoms with Crippen LogP contribution in [0.2, 0.25) is 5.02 Å². The minimum atomic E-state index is -1.39. The van der Waals surface area contributed by atoms with Crippen LogP contribution in [-0.2, 0) is 14.5 Å². The molecule has 2 aromatic rings. The van der Waals surface area contributed by atoms with Crippen molar-refractivity contribution in [2.75, 3.05) is 16.8 Å². The SMILES string of the molecule is Cc1ccc2c(c1)NC1(SCC(=O)N1C(=S)N1C(=O)CSC1(C)c1ccc(Cl)cc1)C2=O. The molecule has 0 aromatic heterocycles. The van der Waals surface area contributed by atoms with Gasteiger partial charge in [-0.2, -0.15) is 0 Å². The number of hydrogen-bond donors (Lipinski definition) is 1. The van der Waals surface area contributed by atoms with Gasteiger partial charge in [-0.15, -0.1) is 11.8 Å². The first-order valence-corrected chi connectivity index (χ1v) is 12.6.